The summed E-state index contributed by atoms with van der Waals surface area (Å²) >= 11 is 6.26. The summed E-state index contributed by atoms with van der Waals surface area (Å²) in [5, 5.41) is 0.344. The van der Waals surface area contributed by atoms with Crippen LogP contribution in [-0.4, -0.2) is 12.0 Å². The quantitative estimate of drug-likeness (QED) is 0.717. The molecule has 16 heavy (non-hydrogen) atoms. The molecule has 0 spiro atoms. The first-order valence-electron chi connectivity index (χ1n) is 6.09. The van der Waals surface area contributed by atoms with Gasteiger partial charge in [-0.25, -0.2) is 0 Å². The zero-order valence-electron chi connectivity index (χ0n) is 9.95. The Morgan fingerprint density at radius 1 is 1.25 bits per heavy atom. The molecule has 1 fully saturated rings. The van der Waals surface area contributed by atoms with Gasteiger partial charge in [-0.05, 0) is 49.3 Å². The smallest absolute Gasteiger partial charge is 0.119 e. The lowest BCUT2D eigenvalue weighted by molar-refractivity contribution is 0.340. The SMILES string of the molecule is CCOc1ccc(C2CCC(Cl)C2C)cc1. The largest absolute Gasteiger partial charge is 0.494 e. The Morgan fingerprint density at radius 3 is 2.44 bits per heavy atom. The van der Waals surface area contributed by atoms with Gasteiger partial charge in [0.15, 0.2) is 0 Å². The maximum absolute atomic E-state index is 6.26. The molecule has 1 aliphatic carbocycles. The van der Waals surface area contributed by atoms with E-state index < -0.39 is 0 Å². The lowest BCUT2D eigenvalue weighted by Crippen LogP contribution is -2.09. The highest BCUT2D eigenvalue weighted by Crippen LogP contribution is 2.42. The van der Waals surface area contributed by atoms with E-state index in [1.165, 1.54) is 12.0 Å². The second-order valence-electron chi connectivity index (χ2n) is 4.56. The van der Waals surface area contributed by atoms with Crippen LogP contribution in [0.1, 0.15) is 38.2 Å². The minimum atomic E-state index is 0.344. The summed E-state index contributed by atoms with van der Waals surface area (Å²) in [5.74, 6) is 2.16. The van der Waals surface area contributed by atoms with E-state index in [2.05, 4.69) is 31.2 Å². The second kappa shape index (κ2) is 5.09. The van der Waals surface area contributed by atoms with Gasteiger partial charge in [0, 0.05) is 5.38 Å². The average Bonchev–Trinajstić information content (AvgIpc) is 2.62. The Kier molecular flexibility index (Phi) is 3.75. The van der Waals surface area contributed by atoms with E-state index in [1.807, 2.05) is 6.92 Å². The molecule has 0 amide bonds. The third kappa shape index (κ3) is 2.35. The molecule has 0 heterocycles. The van der Waals surface area contributed by atoms with E-state index >= 15 is 0 Å². The number of rotatable bonds is 3. The second-order valence-corrected chi connectivity index (χ2v) is 5.12. The first-order valence-corrected chi connectivity index (χ1v) is 6.53. The number of alkyl halides is 1. The van der Waals surface area contributed by atoms with Crippen molar-refractivity contribution in [2.45, 2.75) is 38.0 Å². The van der Waals surface area contributed by atoms with Crippen LogP contribution in [0.4, 0.5) is 0 Å². The summed E-state index contributed by atoms with van der Waals surface area (Å²) in [5.41, 5.74) is 1.40. The summed E-state index contributed by atoms with van der Waals surface area (Å²) in [6, 6.07) is 8.49. The zero-order valence-corrected chi connectivity index (χ0v) is 10.7. The number of halogens is 1. The van der Waals surface area contributed by atoms with Gasteiger partial charge >= 0.3 is 0 Å². The van der Waals surface area contributed by atoms with Gasteiger partial charge in [0.2, 0.25) is 0 Å². The molecule has 0 N–H and O–H groups in total. The molecule has 2 heteroatoms. The maximum Gasteiger partial charge on any atom is 0.119 e. The molecular formula is C14H19ClO. The molecule has 1 aromatic carbocycles. The molecule has 0 radical (unpaired) electrons. The summed E-state index contributed by atoms with van der Waals surface area (Å²) in [6.45, 7) is 4.99. The van der Waals surface area contributed by atoms with Crippen molar-refractivity contribution in [3.8, 4) is 5.75 Å². The fourth-order valence-corrected chi connectivity index (χ4v) is 2.87. The van der Waals surface area contributed by atoms with Gasteiger partial charge in [0.25, 0.3) is 0 Å². The monoisotopic (exact) mass is 238 g/mol. The van der Waals surface area contributed by atoms with E-state index in [0.717, 1.165) is 18.8 Å². The van der Waals surface area contributed by atoms with Gasteiger partial charge in [-0.15, -0.1) is 11.6 Å². The van der Waals surface area contributed by atoms with Gasteiger partial charge in [0.1, 0.15) is 5.75 Å². The summed E-state index contributed by atoms with van der Waals surface area (Å²) in [4.78, 5) is 0. The highest BCUT2D eigenvalue weighted by atomic mass is 35.5. The summed E-state index contributed by atoms with van der Waals surface area (Å²) in [7, 11) is 0. The van der Waals surface area contributed by atoms with Crippen molar-refractivity contribution in [3.63, 3.8) is 0 Å². The molecule has 1 nitrogen and oxygen atoms in total. The number of hydrogen-bond acceptors (Lipinski definition) is 1. The van der Waals surface area contributed by atoms with E-state index in [4.69, 9.17) is 16.3 Å². The molecule has 2 rings (SSSR count). The van der Waals surface area contributed by atoms with Crippen LogP contribution in [0.25, 0.3) is 0 Å². The number of benzene rings is 1. The number of hydrogen-bond donors (Lipinski definition) is 0. The molecular weight excluding hydrogens is 220 g/mol. The van der Waals surface area contributed by atoms with Crippen molar-refractivity contribution in [2.75, 3.05) is 6.61 Å². The van der Waals surface area contributed by atoms with Crippen LogP contribution in [0, 0.1) is 5.92 Å². The van der Waals surface area contributed by atoms with Gasteiger partial charge in [-0.1, -0.05) is 19.1 Å². The van der Waals surface area contributed by atoms with Gasteiger partial charge < -0.3 is 4.74 Å². The molecule has 0 aromatic heterocycles. The summed E-state index contributed by atoms with van der Waals surface area (Å²) in [6.07, 6.45) is 2.35. The lowest BCUT2D eigenvalue weighted by atomic mass is 9.90. The van der Waals surface area contributed by atoms with Crippen LogP contribution in [0.2, 0.25) is 0 Å². The first-order chi connectivity index (χ1) is 7.72. The fourth-order valence-electron chi connectivity index (χ4n) is 2.56. The third-order valence-corrected chi connectivity index (χ3v) is 4.19. The molecule has 1 saturated carbocycles. The molecule has 0 aliphatic heterocycles. The third-order valence-electron chi connectivity index (χ3n) is 3.58. The van der Waals surface area contributed by atoms with Crippen molar-refractivity contribution < 1.29 is 4.74 Å². The van der Waals surface area contributed by atoms with E-state index in [0.29, 0.717) is 17.2 Å². The number of ether oxygens (including phenoxy) is 1. The van der Waals surface area contributed by atoms with Crippen LogP contribution in [-0.2, 0) is 0 Å². The maximum atomic E-state index is 6.26. The zero-order chi connectivity index (χ0) is 11.5. The van der Waals surface area contributed by atoms with Gasteiger partial charge in [-0.2, -0.15) is 0 Å². The minimum absolute atomic E-state index is 0.344. The molecule has 1 aromatic rings. The summed E-state index contributed by atoms with van der Waals surface area (Å²) < 4.78 is 5.45. The predicted octanol–water partition coefficient (Wildman–Crippen LogP) is 4.21. The van der Waals surface area contributed by atoms with Crippen LogP contribution in [0.15, 0.2) is 24.3 Å². The van der Waals surface area contributed by atoms with Crippen molar-refractivity contribution in [1.29, 1.82) is 0 Å². The highest BCUT2D eigenvalue weighted by Gasteiger charge is 2.32. The van der Waals surface area contributed by atoms with Crippen LogP contribution < -0.4 is 4.74 Å². The predicted molar refractivity (Wildman–Crippen MR) is 68.4 cm³/mol. The Labute approximate surface area is 103 Å². The topological polar surface area (TPSA) is 9.23 Å². The Balaban J connectivity index is 2.10. The van der Waals surface area contributed by atoms with E-state index in [-0.39, 0.29) is 0 Å². The van der Waals surface area contributed by atoms with E-state index in [9.17, 15) is 0 Å². The minimum Gasteiger partial charge on any atom is -0.494 e. The van der Waals surface area contributed by atoms with Crippen LogP contribution in [0.5, 0.6) is 5.75 Å². The fraction of sp³-hybridized carbons (Fsp3) is 0.571. The highest BCUT2D eigenvalue weighted by molar-refractivity contribution is 6.21. The molecule has 3 unspecified atom stereocenters. The Hall–Kier alpha value is -0.690. The van der Waals surface area contributed by atoms with Crippen molar-refractivity contribution in [3.05, 3.63) is 29.8 Å². The standard InChI is InChI=1S/C14H19ClO/c1-3-16-12-6-4-11(5-7-12)13-8-9-14(15)10(13)2/h4-7,10,13-14H,3,8-9H2,1-2H3. The van der Waals surface area contributed by atoms with Crippen molar-refractivity contribution in [1.82, 2.24) is 0 Å². The Morgan fingerprint density at radius 2 is 1.94 bits per heavy atom. The average molecular weight is 239 g/mol. The molecule has 0 bridgehead atoms. The lowest BCUT2D eigenvalue weighted by Gasteiger charge is -2.17. The van der Waals surface area contributed by atoms with Crippen molar-refractivity contribution >= 4 is 11.6 Å². The molecule has 0 saturated heterocycles. The molecule has 88 valence electrons. The Bertz CT molecular complexity index is 333. The van der Waals surface area contributed by atoms with Gasteiger partial charge in [0.05, 0.1) is 6.61 Å². The van der Waals surface area contributed by atoms with Crippen molar-refractivity contribution in [2.24, 2.45) is 5.92 Å². The van der Waals surface area contributed by atoms with Crippen LogP contribution >= 0.6 is 11.6 Å². The normalized spacial score (nSPS) is 29.3. The molecule has 1 aliphatic rings. The molecule has 3 atom stereocenters. The van der Waals surface area contributed by atoms with E-state index in [1.54, 1.807) is 0 Å². The van der Waals surface area contributed by atoms with Gasteiger partial charge in [-0.3, -0.25) is 0 Å². The first kappa shape index (κ1) is 11.8. The van der Waals surface area contributed by atoms with Crippen LogP contribution in [0.3, 0.4) is 0 Å².